The van der Waals surface area contributed by atoms with Crippen molar-refractivity contribution in [2.75, 3.05) is 20.3 Å². The van der Waals surface area contributed by atoms with Gasteiger partial charge in [0.15, 0.2) is 0 Å². The predicted molar refractivity (Wildman–Crippen MR) is 81.1 cm³/mol. The predicted octanol–water partition coefficient (Wildman–Crippen LogP) is 1.18. The molecule has 0 aliphatic rings. The van der Waals surface area contributed by atoms with E-state index in [1.165, 1.54) is 6.07 Å². The van der Waals surface area contributed by atoms with E-state index in [1.54, 1.807) is 7.11 Å². The molecule has 0 unspecified atom stereocenters. The van der Waals surface area contributed by atoms with Crippen molar-refractivity contribution in [1.82, 2.24) is 20.3 Å². The van der Waals surface area contributed by atoms with Gasteiger partial charge < -0.3 is 15.0 Å². The molecule has 2 aromatic heterocycles. The normalized spacial score (nSPS) is 10.8. The number of ether oxygens (including phenoxy) is 1. The average Bonchev–Trinajstić information content (AvgIpc) is 2.42. The molecule has 112 valence electrons. The van der Waals surface area contributed by atoms with E-state index in [1.807, 2.05) is 26.0 Å². The number of hydrogen-bond donors (Lipinski definition) is 2. The molecule has 0 radical (unpaired) electrons. The van der Waals surface area contributed by atoms with Crippen LogP contribution in [0.25, 0.3) is 11.4 Å². The summed E-state index contributed by atoms with van der Waals surface area (Å²) in [6.07, 6.45) is 0. The first-order valence-corrected chi connectivity index (χ1v) is 6.84. The van der Waals surface area contributed by atoms with Crippen LogP contribution < -0.4 is 10.9 Å². The van der Waals surface area contributed by atoms with Gasteiger partial charge in [-0.25, -0.2) is 4.98 Å². The third-order valence-corrected chi connectivity index (χ3v) is 2.94. The zero-order valence-corrected chi connectivity index (χ0v) is 12.6. The number of pyridine rings is 1. The molecular weight excluding hydrogens is 268 g/mol. The Morgan fingerprint density at radius 3 is 2.57 bits per heavy atom. The molecule has 0 bridgehead atoms. The maximum absolute atomic E-state index is 11.8. The molecule has 2 aromatic rings. The van der Waals surface area contributed by atoms with Gasteiger partial charge in [0.25, 0.3) is 5.56 Å². The van der Waals surface area contributed by atoms with Gasteiger partial charge in [-0.15, -0.1) is 0 Å². The first-order chi connectivity index (χ1) is 10.1. The Bertz CT molecular complexity index is 647. The van der Waals surface area contributed by atoms with Gasteiger partial charge >= 0.3 is 0 Å². The minimum absolute atomic E-state index is 0.157. The van der Waals surface area contributed by atoms with Crippen LogP contribution in [0, 0.1) is 13.8 Å². The molecule has 6 nitrogen and oxygen atoms in total. The Labute approximate surface area is 123 Å². The number of aromatic amines is 1. The molecule has 0 aliphatic carbocycles. The largest absolute Gasteiger partial charge is 0.383 e. The molecule has 2 N–H and O–H groups in total. The highest BCUT2D eigenvalue weighted by Crippen LogP contribution is 2.15. The zero-order chi connectivity index (χ0) is 15.2. The summed E-state index contributed by atoms with van der Waals surface area (Å²) in [5.74, 6) is 0.569. The number of rotatable bonds is 6. The van der Waals surface area contributed by atoms with Crippen LogP contribution in [0.2, 0.25) is 0 Å². The van der Waals surface area contributed by atoms with Crippen molar-refractivity contribution in [3.63, 3.8) is 0 Å². The minimum atomic E-state index is -0.157. The van der Waals surface area contributed by atoms with E-state index < -0.39 is 0 Å². The molecule has 0 aromatic carbocycles. The maximum Gasteiger partial charge on any atom is 0.251 e. The van der Waals surface area contributed by atoms with Crippen molar-refractivity contribution in [2.24, 2.45) is 0 Å². The number of H-pyrrole nitrogens is 1. The molecule has 0 saturated heterocycles. The van der Waals surface area contributed by atoms with Crippen molar-refractivity contribution in [1.29, 1.82) is 0 Å². The summed E-state index contributed by atoms with van der Waals surface area (Å²) in [4.78, 5) is 23.4. The lowest BCUT2D eigenvalue weighted by molar-refractivity contribution is 0.199. The van der Waals surface area contributed by atoms with Crippen molar-refractivity contribution >= 4 is 0 Å². The van der Waals surface area contributed by atoms with Crippen LogP contribution in [0.15, 0.2) is 23.0 Å². The molecule has 21 heavy (non-hydrogen) atoms. The van der Waals surface area contributed by atoms with E-state index in [0.717, 1.165) is 17.0 Å². The number of methoxy groups -OCH3 is 1. The monoisotopic (exact) mass is 288 g/mol. The van der Waals surface area contributed by atoms with Gasteiger partial charge in [0.1, 0.15) is 5.82 Å². The zero-order valence-electron chi connectivity index (χ0n) is 12.6. The molecule has 0 saturated carbocycles. The highest BCUT2D eigenvalue weighted by molar-refractivity contribution is 5.55. The van der Waals surface area contributed by atoms with Gasteiger partial charge in [0.05, 0.1) is 12.3 Å². The van der Waals surface area contributed by atoms with E-state index >= 15 is 0 Å². The summed E-state index contributed by atoms with van der Waals surface area (Å²) in [6, 6.07) is 5.32. The van der Waals surface area contributed by atoms with Crippen LogP contribution in [-0.4, -0.2) is 35.2 Å². The second-order valence-corrected chi connectivity index (χ2v) is 4.89. The van der Waals surface area contributed by atoms with E-state index in [9.17, 15) is 4.79 Å². The van der Waals surface area contributed by atoms with E-state index in [0.29, 0.717) is 31.2 Å². The number of aryl methyl sites for hydroxylation is 2. The SMILES string of the molecule is COCCNCc1cc(=O)[nH]c(-c2cc(C)nc(C)c2)n1. The highest BCUT2D eigenvalue weighted by atomic mass is 16.5. The van der Waals surface area contributed by atoms with Crippen LogP contribution >= 0.6 is 0 Å². The molecule has 0 spiro atoms. The Kier molecular flexibility index (Phi) is 5.19. The lowest BCUT2D eigenvalue weighted by atomic mass is 10.2. The van der Waals surface area contributed by atoms with Crippen LogP contribution in [-0.2, 0) is 11.3 Å². The van der Waals surface area contributed by atoms with Crippen molar-refractivity contribution in [3.8, 4) is 11.4 Å². The minimum Gasteiger partial charge on any atom is -0.383 e. The molecule has 0 amide bonds. The molecule has 0 fully saturated rings. The third-order valence-electron chi connectivity index (χ3n) is 2.94. The smallest absolute Gasteiger partial charge is 0.251 e. The fraction of sp³-hybridized carbons (Fsp3) is 0.400. The number of nitrogens with one attached hydrogen (secondary N) is 2. The van der Waals surface area contributed by atoms with Crippen molar-refractivity contribution in [3.05, 3.63) is 45.6 Å². The number of nitrogens with zero attached hydrogens (tertiary/aromatic N) is 2. The van der Waals surface area contributed by atoms with Gasteiger partial charge in [-0.3, -0.25) is 9.78 Å². The Morgan fingerprint density at radius 1 is 1.19 bits per heavy atom. The second kappa shape index (κ2) is 7.10. The van der Waals surface area contributed by atoms with Gasteiger partial charge in [-0.2, -0.15) is 0 Å². The molecule has 0 aliphatic heterocycles. The summed E-state index contributed by atoms with van der Waals surface area (Å²) >= 11 is 0. The van der Waals surface area contributed by atoms with Crippen molar-refractivity contribution < 1.29 is 4.74 Å². The second-order valence-electron chi connectivity index (χ2n) is 4.89. The lowest BCUT2D eigenvalue weighted by Crippen LogP contribution is -2.21. The summed E-state index contributed by atoms with van der Waals surface area (Å²) in [5.41, 5.74) is 3.22. The van der Waals surface area contributed by atoms with Gasteiger partial charge in [-0.05, 0) is 26.0 Å². The molecule has 0 atom stereocenters. The van der Waals surface area contributed by atoms with Gasteiger partial charge in [-0.1, -0.05) is 0 Å². The Balaban J connectivity index is 2.24. The van der Waals surface area contributed by atoms with Crippen LogP contribution in [0.1, 0.15) is 17.1 Å². The van der Waals surface area contributed by atoms with Crippen LogP contribution in [0.3, 0.4) is 0 Å². The standard InChI is InChI=1S/C15H20N4O2/c1-10-6-12(7-11(2)17-10)15-18-13(8-14(20)19-15)9-16-4-5-21-3/h6-8,16H,4-5,9H2,1-3H3,(H,18,19,20). The number of aromatic nitrogens is 3. The van der Waals surface area contributed by atoms with Crippen LogP contribution in [0.5, 0.6) is 0 Å². The fourth-order valence-corrected chi connectivity index (χ4v) is 2.10. The van der Waals surface area contributed by atoms with E-state index in [-0.39, 0.29) is 5.56 Å². The summed E-state index contributed by atoms with van der Waals surface area (Å²) in [5, 5.41) is 3.18. The summed E-state index contributed by atoms with van der Waals surface area (Å²) < 4.78 is 4.97. The van der Waals surface area contributed by atoms with E-state index in [2.05, 4.69) is 20.3 Å². The van der Waals surface area contributed by atoms with Crippen molar-refractivity contribution in [2.45, 2.75) is 20.4 Å². The molecular formula is C15H20N4O2. The molecule has 6 heteroatoms. The quantitative estimate of drug-likeness (QED) is 0.780. The topological polar surface area (TPSA) is 79.9 Å². The third kappa shape index (κ3) is 4.47. The van der Waals surface area contributed by atoms with Crippen LogP contribution in [0.4, 0.5) is 0 Å². The summed E-state index contributed by atoms with van der Waals surface area (Å²) in [6.45, 7) is 5.71. The fourth-order valence-electron chi connectivity index (χ4n) is 2.10. The van der Waals surface area contributed by atoms with Gasteiger partial charge in [0, 0.05) is 43.2 Å². The summed E-state index contributed by atoms with van der Waals surface area (Å²) in [7, 11) is 1.65. The molecule has 2 rings (SSSR count). The first-order valence-electron chi connectivity index (χ1n) is 6.84. The highest BCUT2D eigenvalue weighted by Gasteiger charge is 2.06. The Morgan fingerprint density at radius 2 is 1.90 bits per heavy atom. The molecule has 2 heterocycles. The lowest BCUT2D eigenvalue weighted by Gasteiger charge is -2.07. The van der Waals surface area contributed by atoms with Gasteiger partial charge in [0.2, 0.25) is 0 Å². The average molecular weight is 288 g/mol. The Hall–Kier alpha value is -2.05. The van der Waals surface area contributed by atoms with E-state index in [4.69, 9.17) is 4.74 Å². The maximum atomic E-state index is 11.8. The first kappa shape index (κ1) is 15.3. The number of hydrogen-bond acceptors (Lipinski definition) is 5.